The maximum atomic E-state index is 16.0. The molecule has 2 aromatic rings. The molecule has 38 heavy (non-hydrogen) atoms. The van der Waals surface area contributed by atoms with Crippen molar-refractivity contribution in [2.75, 3.05) is 20.2 Å². The molecule has 0 amide bonds. The first-order chi connectivity index (χ1) is 18.2. The number of nitrogens with zero attached hydrogens (tertiary/aromatic N) is 1. The van der Waals surface area contributed by atoms with Crippen LogP contribution in [0.1, 0.15) is 61.6 Å². The second-order valence-corrected chi connectivity index (χ2v) is 11.3. The minimum absolute atomic E-state index is 0.119. The van der Waals surface area contributed by atoms with Gasteiger partial charge in [-0.05, 0) is 73.8 Å². The van der Waals surface area contributed by atoms with E-state index in [1.807, 2.05) is 19.1 Å². The van der Waals surface area contributed by atoms with Crippen molar-refractivity contribution in [3.63, 3.8) is 0 Å². The molecule has 5 rings (SSSR count). The van der Waals surface area contributed by atoms with E-state index < -0.39 is 18.1 Å². The second-order valence-electron chi connectivity index (χ2n) is 10.8. The van der Waals surface area contributed by atoms with Gasteiger partial charge < -0.3 is 14.2 Å². The number of carbonyl (C=O) groups excluding carboxylic acids is 1. The Morgan fingerprint density at radius 1 is 1.18 bits per heavy atom. The number of ether oxygens (including phenoxy) is 3. The van der Waals surface area contributed by atoms with Crippen LogP contribution >= 0.6 is 11.6 Å². The Labute approximate surface area is 226 Å². The van der Waals surface area contributed by atoms with Crippen molar-refractivity contribution in [1.29, 1.82) is 0 Å². The highest BCUT2D eigenvalue weighted by Gasteiger charge is 2.44. The van der Waals surface area contributed by atoms with E-state index in [-0.39, 0.29) is 29.4 Å². The number of carbonyl (C=O) groups is 1. The van der Waals surface area contributed by atoms with Crippen LogP contribution in [0.3, 0.4) is 0 Å². The lowest BCUT2D eigenvalue weighted by atomic mass is 9.80. The number of halogens is 4. The number of piperidine rings is 1. The van der Waals surface area contributed by atoms with Crippen LogP contribution in [0.2, 0.25) is 5.02 Å². The molecule has 2 atom stereocenters. The van der Waals surface area contributed by atoms with Crippen LogP contribution < -0.4 is 9.47 Å². The number of fused-ring (bicyclic) bond motifs is 1. The van der Waals surface area contributed by atoms with Crippen molar-refractivity contribution in [3.05, 3.63) is 57.9 Å². The van der Waals surface area contributed by atoms with E-state index in [2.05, 4.69) is 9.64 Å². The molecule has 0 N–H and O–H groups in total. The van der Waals surface area contributed by atoms with E-state index in [9.17, 15) is 13.6 Å². The van der Waals surface area contributed by atoms with Gasteiger partial charge in [0.2, 0.25) is 0 Å². The molecule has 2 aliphatic heterocycles. The number of rotatable bonds is 8. The molecule has 5 nitrogen and oxygen atoms in total. The van der Waals surface area contributed by atoms with Crippen molar-refractivity contribution >= 4 is 17.6 Å². The van der Waals surface area contributed by atoms with Crippen molar-refractivity contribution in [3.8, 4) is 11.5 Å². The molecule has 1 saturated carbocycles. The van der Waals surface area contributed by atoms with Gasteiger partial charge in [-0.3, -0.25) is 9.69 Å². The summed E-state index contributed by atoms with van der Waals surface area (Å²) in [7, 11) is 1.37. The molecule has 0 aromatic heterocycles. The average molecular weight is 552 g/mol. The fourth-order valence-corrected chi connectivity index (χ4v) is 6.31. The lowest BCUT2D eigenvalue weighted by molar-refractivity contribution is -0.145. The normalized spacial score (nSPS) is 20.5. The van der Waals surface area contributed by atoms with Crippen molar-refractivity contribution in [2.24, 2.45) is 11.8 Å². The maximum absolute atomic E-state index is 16.0. The van der Waals surface area contributed by atoms with Crippen molar-refractivity contribution < 1.29 is 32.2 Å². The lowest BCUT2D eigenvalue weighted by Crippen LogP contribution is -2.49. The maximum Gasteiger partial charge on any atom is 0.387 e. The molecule has 2 heterocycles. The first-order valence-corrected chi connectivity index (χ1v) is 13.6. The number of hydrogen-bond acceptors (Lipinski definition) is 5. The molecule has 2 unspecified atom stereocenters. The van der Waals surface area contributed by atoms with Crippen LogP contribution in [0.15, 0.2) is 30.3 Å². The number of benzene rings is 2. The van der Waals surface area contributed by atoms with Crippen LogP contribution in [0.5, 0.6) is 11.5 Å². The highest BCUT2D eigenvalue weighted by molar-refractivity contribution is 6.30. The summed E-state index contributed by atoms with van der Waals surface area (Å²) in [6, 6.07) is 8.42. The van der Waals surface area contributed by atoms with E-state index in [0.717, 1.165) is 24.8 Å². The van der Waals surface area contributed by atoms with E-state index in [1.54, 1.807) is 6.07 Å². The van der Waals surface area contributed by atoms with Gasteiger partial charge in [-0.1, -0.05) is 30.7 Å². The highest BCUT2D eigenvalue weighted by Crippen LogP contribution is 2.50. The van der Waals surface area contributed by atoms with Gasteiger partial charge in [0.1, 0.15) is 11.4 Å². The Balaban J connectivity index is 1.31. The molecule has 9 heteroatoms. The van der Waals surface area contributed by atoms with Crippen molar-refractivity contribution in [1.82, 2.24) is 4.90 Å². The molecule has 0 bridgehead atoms. The summed E-state index contributed by atoms with van der Waals surface area (Å²) in [5, 5.41) is 0.458. The van der Waals surface area contributed by atoms with Gasteiger partial charge in [0, 0.05) is 36.1 Å². The number of likely N-dealkylation sites (tertiary alicyclic amines) is 1. The zero-order chi connectivity index (χ0) is 27.0. The number of alkyl halides is 2. The smallest absolute Gasteiger partial charge is 0.387 e. The average Bonchev–Trinajstić information content (AvgIpc) is 3.73. The Kier molecular flexibility index (Phi) is 7.83. The number of esters is 1. The molecule has 1 aliphatic carbocycles. The van der Waals surface area contributed by atoms with Gasteiger partial charge in [-0.2, -0.15) is 8.78 Å². The van der Waals surface area contributed by atoms with E-state index in [0.29, 0.717) is 60.8 Å². The van der Waals surface area contributed by atoms with Crippen LogP contribution in [0.25, 0.3) is 0 Å². The number of hydrogen-bond donors (Lipinski definition) is 0. The minimum Gasteiger partial charge on any atom is -0.484 e. The Bertz CT molecular complexity index is 1180. The fourth-order valence-electron chi connectivity index (χ4n) is 6.12. The summed E-state index contributed by atoms with van der Waals surface area (Å²) < 4.78 is 57.9. The Morgan fingerprint density at radius 2 is 1.92 bits per heavy atom. The van der Waals surface area contributed by atoms with E-state index >= 15 is 4.39 Å². The molecule has 2 aromatic carbocycles. The molecular formula is C29H33ClF3NO4. The van der Waals surface area contributed by atoms with Gasteiger partial charge in [-0.25, -0.2) is 4.39 Å². The molecule has 206 valence electrons. The molecule has 0 radical (unpaired) electrons. The summed E-state index contributed by atoms with van der Waals surface area (Å²) >= 11 is 6.11. The molecule has 1 spiro atoms. The largest absolute Gasteiger partial charge is 0.484 e. The minimum atomic E-state index is -2.91. The fraction of sp³-hybridized carbons (Fsp3) is 0.552. The third-order valence-electron chi connectivity index (χ3n) is 8.38. The number of methoxy groups -OCH3 is 1. The zero-order valence-electron chi connectivity index (χ0n) is 21.7. The van der Waals surface area contributed by atoms with Gasteiger partial charge >= 0.3 is 12.6 Å². The third kappa shape index (κ3) is 5.62. The zero-order valence-corrected chi connectivity index (χ0v) is 22.4. The SMILES string of the molecule is COC(=O)C(C)C(c1ccc2c(c1F)OC1(CC2)CCN(Cc2cc(Cl)ccc2OC(F)F)CC1)C1CC1. The van der Waals surface area contributed by atoms with Gasteiger partial charge in [0.05, 0.1) is 13.0 Å². The predicted octanol–water partition coefficient (Wildman–Crippen LogP) is 6.74. The van der Waals surface area contributed by atoms with Crippen LogP contribution in [0.4, 0.5) is 13.2 Å². The summed E-state index contributed by atoms with van der Waals surface area (Å²) in [6.45, 7) is 0.652. The topological polar surface area (TPSA) is 48.0 Å². The molecule has 2 fully saturated rings. The van der Waals surface area contributed by atoms with Crippen LogP contribution in [-0.2, 0) is 22.5 Å². The summed E-state index contributed by atoms with van der Waals surface area (Å²) in [5.41, 5.74) is 1.51. The lowest BCUT2D eigenvalue weighted by Gasteiger charge is -2.45. The first-order valence-electron chi connectivity index (χ1n) is 13.2. The molecule has 1 saturated heterocycles. The van der Waals surface area contributed by atoms with E-state index in [4.69, 9.17) is 21.1 Å². The summed E-state index contributed by atoms with van der Waals surface area (Å²) in [5.74, 6) is -0.663. The summed E-state index contributed by atoms with van der Waals surface area (Å²) in [6.07, 6.45) is 4.82. The van der Waals surface area contributed by atoms with Gasteiger partial charge in [0.25, 0.3) is 0 Å². The Hall–Kier alpha value is -2.45. The monoisotopic (exact) mass is 551 g/mol. The quantitative estimate of drug-likeness (QED) is 0.340. The molecular weight excluding hydrogens is 519 g/mol. The second kappa shape index (κ2) is 11.0. The van der Waals surface area contributed by atoms with E-state index in [1.165, 1.54) is 19.2 Å². The first kappa shape index (κ1) is 27.1. The third-order valence-corrected chi connectivity index (χ3v) is 8.61. The standard InChI is InChI=1S/C29H33ClF3NO4/c1-17(27(35)36-2)24(18-3-4-18)22-7-5-19-9-10-29(38-26(19)25(22)31)11-13-34(14-12-29)16-20-15-21(30)6-8-23(20)37-28(32)33/h5-8,15,17-18,24,28H,3-4,9-14,16H2,1-2H3. The predicted molar refractivity (Wildman–Crippen MR) is 137 cm³/mol. The van der Waals surface area contributed by atoms with Gasteiger partial charge in [0.15, 0.2) is 11.6 Å². The van der Waals surface area contributed by atoms with Gasteiger partial charge in [-0.15, -0.1) is 0 Å². The highest BCUT2D eigenvalue weighted by atomic mass is 35.5. The number of aryl methyl sites for hydroxylation is 1. The van der Waals surface area contributed by atoms with Crippen LogP contribution in [-0.4, -0.2) is 43.3 Å². The van der Waals surface area contributed by atoms with Crippen LogP contribution in [0, 0.1) is 17.7 Å². The van der Waals surface area contributed by atoms with Crippen molar-refractivity contribution in [2.45, 2.75) is 70.1 Å². The molecule has 3 aliphatic rings. The Morgan fingerprint density at radius 3 is 2.58 bits per heavy atom. The summed E-state index contributed by atoms with van der Waals surface area (Å²) in [4.78, 5) is 14.5.